The van der Waals surface area contributed by atoms with Crippen LogP contribution in [0.3, 0.4) is 0 Å². The van der Waals surface area contributed by atoms with Crippen LogP contribution in [-0.4, -0.2) is 5.78 Å². The Morgan fingerprint density at radius 3 is 2.63 bits per heavy atom. The molecule has 0 amide bonds. The summed E-state index contributed by atoms with van der Waals surface area (Å²) in [6.07, 6.45) is 5.78. The van der Waals surface area contributed by atoms with Gasteiger partial charge in [0.2, 0.25) is 0 Å². The Kier molecular flexibility index (Phi) is 3.24. The predicted octanol–water partition coefficient (Wildman–Crippen LogP) is 3.95. The van der Waals surface area contributed by atoms with Gasteiger partial charge >= 0.3 is 0 Å². The Hall–Kier alpha value is -1.83. The van der Waals surface area contributed by atoms with Crippen molar-refractivity contribution in [3.63, 3.8) is 0 Å². The van der Waals surface area contributed by atoms with E-state index in [4.69, 9.17) is 4.42 Å². The van der Waals surface area contributed by atoms with E-state index < -0.39 is 0 Å². The van der Waals surface area contributed by atoms with E-state index in [1.165, 1.54) is 49.3 Å². The molecule has 19 heavy (non-hydrogen) atoms. The van der Waals surface area contributed by atoms with E-state index >= 15 is 0 Å². The maximum absolute atomic E-state index is 11.2. The van der Waals surface area contributed by atoms with Crippen LogP contribution in [0.15, 0.2) is 34.7 Å². The molecule has 0 saturated carbocycles. The molecule has 2 heteroatoms. The number of fused-ring (bicyclic) bond motifs is 1. The van der Waals surface area contributed by atoms with Gasteiger partial charge in [-0.25, -0.2) is 0 Å². The van der Waals surface area contributed by atoms with Gasteiger partial charge in [-0.05, 0) is 54.5 Å². The van der Waals surface area contributed by atoms with Crippen molar-refractivity contribution in [2.45, 2.75) is 39.0 Å². The predicted molar refractivity (Wildman–Crippen MR) is 74.6 cm³/mol. The molecule has 0 atom stereocenters. The lowest BCUT2D eigenvalue weighted by atomic mass is 9.90. The van der Waals surface area contributed by atoms with Crippen LogP contribution in [0.5, 0.6) is 0 Å². The zero-order valence-electron chi connectivity index (χ0n) is 11.2. The van der Waals surface area contributed by atoms with Crippen LogP contribution in [0.1, 0.15) is 52.8 Å². The first-order valence-corrected chi connectivity index (χ1v) is 6.93. The standard InChI is InChI=1S/C17H18O2/c1-12(18)17-9-8-16(19-17)11-13-6-7-14-4-2-3-5-15(14)10-13/h6-10H,2-5,11H2,1H3. The summed E-state index contributed by atoms with van der Waals surface area (Å²) in [5.41, 5.74) is 4.26. The number of benzene rings is 1. The smallest absolute Gasteiger partial charge is 0.194 e. The third-order valence-corrected chi connectivity index (χ3v) is 3.80. The van der Waals surface area contributed by atoms with Gasteiger partial charge in [0.15, 0.2) is 11.5 Å². The Balaban J connectivity index is 1.80. The highest BCUT2D eigenvalue weighted by Gasteiger charge is 2.11. The van der Waals surface area contributed by atoms with Gasteiger partial charge < -0.3 is 4.42 Å². The fourth-order valence-electron chi connectivity index (χ4n) is 2.76. The second-order valence-corrected chi connectivity index (χ2v) is 5.31. The van der Waals surface area contributed by atoms with Gasteiger partial charge in [0.05, 0.1) is 0 Å². The van der Waals surface area contributed by atoms with E-state index in [0.29, 0.717) is 5.76 Å². The third-order valence-electron chi connectivity index (χ3n) is 3.80. The van der Waals surface area contributed by atoms with Crippen LogP contribution < -0.4 is 0 Å². The van der Waals surface area contributed by atoms with Gasteiger partial charge in [0.1, 0.15) is 5.76 Å². The number of Topliss-reactive ketones (excluding diaryl/α,β-unsaturated/α-hetero) is 1. The molecule has 2 aromatic rings. The SMILES string of the molecule is CC(=O)c1ccc(Cc2ccc3c(c2)CCCC3)o1. The Labute approximate surface area is 113 Å². The quantitative estimate of drug-likeness (QED) is 0.776. The third kappa shape index (κ3) is 2.62. The van der Waals surface area contributed by atoms with Crippen molar-refractivity contribution in [3.8, 4) is 0 Å². The fourth-order valence-corrected chi connectivity index (χ4v) is 2.76. The van der Waals surface area contributed by atoms with Gasteiger partial charge in [0.25, 0.3) is 0 Å². The number of carbonyl (C=O) groups is 1. The maximum atomic E-state index is 11.2. The normalized spacial score (nSPS) is 14.2. The summed E-state index contributed by atoms with van der Waals surface area (Å²) in [7, 11) is 0. The van der Waals surface area contributed by atoms with E-state index in [0.717, 1.165) is 12.2 Å². The number of hydrogen-bond acceptors (Lipinski definition) is 2. The topological polar surface area (TPSA) is 30.2 Å². The first-order valence-electron chi connectivity index (χ1n) is 6.93. The first-order chi connectivity index (χ1) is 9.22. The molecule has 1 heterocycles. The molecule has 3 rings (SSSR count). The average Bonchev–Trinajstić information content (AvgIpc) is 2.87. The zero-order chi connectivity index (χ0) is 13.2. The molecule has 1 aliphatic carbocycles. The van der Waals surface area contributed by atoms with Crippen molar-refractivity contribution in [1.82, 2.24) is 0 Å². The number of aryl methyl sites for hydroxylation is 2. The van der Waals surface area contributed by atoms with E-state index in [-0.39, 0.29) is 5.78 Å². The van der Waals surface area contributed by atoms with Crippen molar-refractivity contribution in [1.29, 1.82) is 0 Å². The van der Waals surface area contributed by atoms with Crippen LogP contribution in [0.2, 0.25) is 0 Å². The van der Waals surface area contributed by atoms with Gasteiger partial charge in [-0.2, -0.15) is 0 Å². The van der Waals surface area contributed by atoms with Crippen LogP contribution in [0.4, 0.5) is 0 Å². The highest BCUT2D eigenvalue weighted by atomic mass is 16.3. The minimum absolute atomic E-state index is 0.0170. The summed E-state index contributed by atoms with van der Waals surface area (Å²) < 4.78 is 5.54. The highest BCUT2D eigenvalue weighted by Crippen LogP contribution is 2.23. The van der Waals surface area contributed by atoms with E-state index in [9.17, 15) is 4.79 Å². The van der Waals surface area contributed by atoms with Gasteiger partial charge in [-0.15, -0.1) is 0 Å². The zero-order valence-corrected chi connectivity index (χ0v) is 11.2. The van der Waals surface area contributed by atoms with Crippen molar-refractivity contribution in [2.24, 2.45) is 0 Å². The molecular formula is C17H18O2. The van der Waals surface area contributed by atoms with E-state index in [1.807, 2.05) is 6.07 Å². The number of ketones is 1. The Morgan fingerprint density at radius 1 is 1.11 bits per heavy atom. The summed E-state index contributed by atoms with van der Waals surface area (Å²) in [5.74, 6) is 1.30. The summed E-state index contributed by atoms with van der Waals surface area (Å²) in [6, 6.07) is 10.4. The molecule has 98 valence electrons. The molecule has 1 aromatic carbocycles. The molecule has 0 saturated heterocycles. The van der Waals surface area contributed by atoms with Crippen molar-refractivity contribution in [3.05, 3.63) is 58.5 Å². The van der Waals surface area contributed by atoms with E-state index in [2.05, 4.69) is 18.2 Å². The van der Waals surface area contributed by atoms with Crippen LogP contribution in [0.25, 0.3) is 0 Å². The number of hydrogen-bond donors (Lipinski definition) is 0. The van der Waals surface area contributed by atoms with Crippen molar-refractivity contribution in [2.75, 3.05) is 0 Å². The molecule has 0 bridgehead atoms. The van der Waals surface area contributed by atoms with Crippen molar-refractivity contribution >= 4 is 5.78 Å². The van der Waals surface area contributed by atoms with Gasteiger partial charge in [0, 0.05) is 13.3 Å². The van der Waals surface area contributed by atoms with Crippen LogP contribution in [0, 0.1) is 0 Å². The monoisotopic (exact) mass is 254 g/mol. The lowest BCUT2D eigenvalue weighted by Gasteiger charge is -2.16. The second-order valence-electron chi connectivity index (χ2n) is 5.31. The fraction of sp³-hybridized carbons (Fsp3) is 0.353. The van der Waals surface area contributed by atoms with Gasteiger partial charge in [-0.1, -0.05) is 18.2 Å². The number of furan rings is 1. The van der Waals surface area contributed by atoms with Crippen molar-refractivity contribution < 1.29 is 9.21 Å². The maximum Gasteiger partial charge on any atom is 0.194 e. The largest absolute Gasteiger partial charge is 0.458 e. The average molecular weight is 254 g/mol. The van der Waals surface area contributed by atoms with Crippen LogP contribution in [-0.2, 0) is 19.3 Å². The molecule has 0 unspecified atom stereocenters. The molecule has 0 aliphatic heterocycles. The lowest BCUT2D eigenvalue weighted by molar-refractivity contribution is 0.0985. The summed E-state index contributed by atoms with van der Waals surface area (Å²) in [4.78, 5) is 11.2. The molecule has 0 N–H and O–H groups in total. The minimum atomic E-state index is -0.0170. The summed E-state index contributed by atoms with van der Waals surface area (Å²) >= 11 is 0. The molecular weight excluding hydrogens is 236 g/mol. The Bertz CT molecular complexity index is 607. The molecule has 0 spiro atoms. The summed E-state index contributed by atoms with van der Waals surface area (Å²) in [6.45, 7) is 1.53. The molecule has 0 radical (unpaired) electrons. The second kappa shape index (κ2) is 5.04. The summed E-state index contributed by atoms with van der Waals surface area (Å²) in [5, 5.41) is 0. The molecule has 1 aliphatic rings. The molecule has 2 nitrogen and oxygen atoms in total. The Morgan fingerprint density at radius 2 is 1.89 bits per heavy atom. The lowest BCUT2D eigenvalue weighted by Crippen LogP contribution is -2.03. The van der Waals surface area contributed by atoms with Gasteiger partial charge in [-0.3, -0.25) is 4.79 Å². The minimum Gasteiger partial charge on any atom is -0.458 e. The number of carbonyl (C=O) groups excluding carboxylic acids is 1. The van der Waals surface area contributed by atoms with E-state index in [1.54, 1.807) is 6.07 Å². The number of rotatable bonds is 3. The molecule has 0 fully saturated rings. The highest BCUT2D eigenvalue weighted by molar-refractivity contribution is 5.91. The molecule has 1 aromatic heterocycles. The van der Waals surface area contributed by atoms with Crippen LogP contribution >= 0.6 is 0 Å². The first kappa shape index (κ1) is 12.2.